The number of nitrogens with zero attached hydrogens (tertiary/aromatic N) is 2. The summed E-state index contributed by atoms with van der Waals surface area (Å²) in [5.74, 6) is 0.911. The van der Waals surface area contributed by atoms with E-state index in [1.54, 1.807) is 0 Å². The van der Waals surface area contributed by atoms with Crippen LogP contribution in [0.25, 0.3) is 0 Å². The summed E-state index contributed by atoms with van der Waals surface area (Å²) >= 11 is 0. The third-order valence-electron chi connectivity index (χ3n) is 4.32. The van der Waals surface area contributed by atoms with E-state index >= 15 is 0 Å². The lowest BCUT2D eigenvalue weighted by molar-refractivity contribution is 0.319. The van der Waals surface area contributed by atoms with Crippen molar-refractivity contribution in [2.75, 3.05) is 6.54 Å². The minimum Gasteiger partial charge on any atom is -0.311 e. The molecule has 1 atom stereocenters. The molecule has 1 aromatic heterocycles. The summed E-state index contributed by atoms with van der Waals surface area (Å²) < 4.78 is 2.07. The van der Waals surface area contributed by atoms with Gasteiger partial charge in [-0.1, -0.05) is 0 Å². The number of hydrogen-bond donors (Lipinski definition) is 1. The molecule has 1 aliphatic heterocycles. The molecule has 0 spiro atoms. The van der Waals surface area contributed by atoms with Crippen LogP contribution in [0.5, 0.6) is 0 Å². The van der Waals surface area contributed by atoms with Crippen molar-refractivity contribution in [1.82, 2.24) is 15.1 Å². The number of hydrogen-bond acceptors (Lipinski definition) is 2. The van der Waals surface area contributed by atoms with Gasteiger partial charge in [0.2, 0.25) is 0 Å². The summed E-state index contributed by atoms with van der Waals surface area (Å²) in [6.07, 6.45) is 8.75. The fourth-order valence-corrected chi connectivity index (χ4v) is 3.19. The molecular formula is C14H23N3. The summed E-state index contributed by atoms with van der Waals surface area (Å²) in [7, 11) is 0. The molecule has 3 heteroatoms. The van der Waals surface area contributed by atoms with Gasteiger partial charge in [0, 0.05) is 24.2 Å². The molecule has 2 heterocycles. The van der Waals surface area contributed by atoms with Crippen LogP contribution in [-0.4, -0.2) is 21.9 Å². The Morgan fingerprint density at radius 2 is 2.35 bits per heavy atom. The highest BCUT2D eigenvalue weighted by molar-refractivity contribution is 5.13. The van der Waals surface area contributed by atoms with Crippen LogP contribution in [0.15, 0.2) is 12.3 Å². The number of nitrogens with one attached hydrogen (secondary N) is 1. The highest BCUT2D eigenvalue weighted by Crippen LogP contribution is 2.45. The third-order valence-corrected chi connectivity index (χ3v) is 4.32. The summed E-state index contributed by atoms with van der Waals surface area (Å²) in [6, 6.07) is 2.67. The SMILES string of the molecule is CC(C)n1ccc(CC2(C3CC3)CCCN2)n1. The van der Waals surface area contributed by atoms with E-state index in [0.717, 1.165) is 12.3 Å². The molecule has 1 N–H and O–H groups in total. The van der Waals surface area contributed by atoms with Crippen LogP contribution in [0.2, 0.25) is 0 Å². The van der Waals surface area contributed by atoms with Gasteiger partial charge in [-0.2, -0.15) is 5.10 Å². The van der Waals surface area contributed by atoms with E-state index in [1.165, 1.54) is 37.9 Å². The van der Waals surface area contributed by atoms with Crippen LogP contribution < -0.4 is 5.32 Å². The first-order valence-electron chi connectivity index (χ1n) is 6.99. The molecule has 2 fully saturated rings. The maximum atomic E-state index is 4.71. The van der Waals surface area contributed by atoms with E-state index in [4.69, 9.17) is 5.10 Å². The van der Waals surface area contributed by atoms with Gasteiger partial charge in [-0.05, 0) is 58.1 Å². The first-order valence-corrected chi connectivity index (χ1v) is 6.99. The van der Waals surface area contributed by atoms with E-state index in [9.17, 15) is 0 Å². The number of aromatic nitrogens is 2. The Labute approximate surface area is 104 Å². The predicted octanol–water partition coefficient (Wildman–Crippen LogP) is 2.54. The van der Waals surface area contributed by atoms with Gasteiger partial charge in [0.05, 0.1) is 5.69 Å². The molecule has 17 heavy (non-hydrogen) atoms. The summed E-state index contributed by atoms with van der Waals surface area (Å²) in [4.78, 5) is 0. The van der Waals surface area contributed by atoms with E-state index in [-0.39, 0.29) is 0 Å². The quantitative estimate of drug-likeness (QED) is 0.866. The molecule has 1 saturated heterocycles. The maximum Gasteiger partial charge on any atom is 0.0643 e. The van der Waals surface area contributed by atoms with Crippen molar-refractivity contribution >= 4 is 0 Å². The standard InChI is InChI=1S/C14H23N3/c1-11(2)17-9-6-13(16-17)10-14(12-4-5-12)7-3-8-15-14/h6,9,11-12,15H,3-5,7-8,10H2,1-2H3. The monoisotopic (exact) mass is 233 g/mol. The van der Waals surface area contributed by atoms with Gasteiger partial charge in [0.1, 0.15) is 0 Å². The zero-order valence-electron chi connectivity index (χ0n) is 10.9. The number of rotatable bonds is 4. The topological polar surface area (TPSA) is 29.9 Å². The van der Waals surface area contributed by atoms with Crippen molar-refractivity contribution in [2.24, 2.45) is 5.92 Å². The van der Waals surface area contributed by atoms with Crippen molar-refractivity contribution in [3.05, 3.63) is 18.0 Å². The van der Waals surface area contributed by atoms with Gasteiger partial charge < -0.3 is 5.32 Å². The van der Waals surface area contributed by atoms with E-state index in [0.29, 0.717) is 11.6 Å². The molecule has 94 valence electrons. The summed E-state index contributed by atoms with van der Waals surface area (Å²) in [5, 5.41) is 8.47. The van der Waals surface area contributed by atoms with Crippen LogP contribution in [-0.2, 0) is 6.42 Å². The van der Waals surface area contributed by atoms with Gasteiger partial charge in [0.15, 0.2) is 0 Å². The second-order valence-electron chi connectivity index (χ2n) is 6.02. The highest BCUT2D eigenvalue weighted by atomic mass is 15.3. The van der Waals surface area contributed by atoms with Crippen molar-refractivity contribution in [3.63, 3.8) is 0 Å². The van der Waals surface area contributed by atoms with Gasteiger partial charge in [-0.3, -0.25) is 4.68 Å². The van der Waals surface area contributed by atoms with Crippen LogP contribution in [0.4, 0.5) is 0 Å². The Morgan fingerprint density at radius 1 is 1.53 bits per heavy atom. The first kappa shape index (κ1) is 11.3. The largest absolute Gasteiger partial charge is 0.311 e. The molecule has 3 nitrogen and oxygen atoms in total. The average Bonchev–Trinajstić information content (AvgIpc) is 2.89. The molecule has 1 unspecified atom stereocenters. The van der Waals surface area contributed by atoms with E-state index in [2.05, 4.69) is 36.1 Å². The third kappa shape index (κ3) is 2.13. The second kappa shape index (κ2) is 4.13. The van der Waals surface area contributed by atoms with Crippen LogP contribution in [0.3, 0.4) is 0 Å². The first-order chi connectivity index (χ1) is 8.20. The normalized spacial score (nSPS) is 29.1. The molecule has 0 aromatic carbocycles. The van der Waals surface area contributed by atoms with Crippen LogP contribution >= 0.6 is 0 Å². The Bertz CT molecular complexity index is 384. The van der Waals surface area contributed by atoms with Crippen molar-refractivity contribution in [2.45, 2.75) is 57.5 Å². The van der Waals surface area contributed by atoms with Gasteiger partial charge in [-0.15, -0.1) is 0 Å². The second-order valence-corrected chi connectivity index (χ2v) is 6.02. The smallest absolute Gasteiger partial charge is 0.0643 e. The lowest BCUT2D eigenvalue weighted by atomic mass is 9.86. The van der Waals surface area contributed by atoms with E-state index < -0.39 is 0 Å². The zero-order chi connectivity index (χ0) is 11.9. The minimum atomic E-state index is 0.385. The van der Waals surface area contributed by atoms with Crippen LogP contribution in [0, 0.1) is 5.92 Å². The molecule has 0 bridgehead atoms. The lowest BCUT2D eigenvalue weighted by Crippen LogP contribution is -2.44. The Kier molecular flexibility index (Phi) is 2.74. The molecule has 2 aliphatic rings. The molecule has 3 rings (SSSR count). The summed E-state index contributed by atoms with van der Waals surface area (Å²) in [5.41, 5.74) is 1.65. The fourth-order valence-electron chi connectivity index (χ4n) is 3.19. The fraction of sp³-hybridized carbons (Fsp3) is 0.786. The Morgan fingerprint density at radius 3 is 2.88 bits per heavy atom. The predicted molar refractivity (Wildman–Crippen MR) is 69.0 cm³/mol. The van der Waals surface area contributed by atoms with E-state index in [1.807, 2.05) is 0 Å². The van der Waals surface area contributed by atoms with Gasteiger partial charge in [0.25, 0.3) is 0 Å². The molecule has 0 amide bonds. The van der Waals surface area contributed by atoms with Gasteiger partial charge >= 0.3 is 0 Å². The molecular weight excluding hydrogens is 210 g/mol. The summed E-state index contributed by atoms with van der Waals surface area (Å²) in [6.45, 7) is 5.56. The Hall–Kier alpha value is -0.830. The molecule has 1 aliphatic carbocycles. The molecule has 1 aromatic rings. The average molecular weight is 233 g/mol. The van der Waals surface area contributed by atoms with Crippen molar-refractivity contribution in [1.29, 1.82) is 0 Å². The zero-order valence-corrected chi connectivity index (χ0v) is 10.9. The lowest BCUT2D eigenvalue weighted by Gasteiger charge is -2.29. The maximum absolute atomic E-state index is 4.71. The minimum absolute atomic E-state index is 0.385. The Balaban J connectivity index is 1.75. The van der Waals surface area contributed by atoms with Gasteiger partial charge in [-0.25, -0.2) is 0 Å². The highest BCUT2D eigenvalue weighted by Gasteiger charge is 2.46. The van der Waals surface area contributed by atoms with Crippen LogP contribution in [0.1, 0.15) is 51.3 Å². The molecule has 1 saturated carbocycles. The molecule has 0 radical (unpaired) electrons. The van der Waals surface area contributed by atoms with Crippen molar-refractivity contribution < 1.29 is 0 Å². The van der Waals surface area contributed by atoms with Crippen molar-refractivity contribution in [3.8, 4) is 0 Å².